The number of hydrogen-bond donors (Lipinski definition) is 0. The number of pyridine rings is 2. The fourth-order valence-corrected chi connectivity index (χ4v) is 4.41. The van der Waals surface area contributed by atoms with Gasteiger partial charge in [-0.25, -0.2) is 4.39 Å². The van der Waals surface area contributed by atoms with Gasteiger partial charge in [-0.3, -0.25) is 24.5 Å². The second-order valence-corrected chi connectivity index (χ2v) is 8.07. The lowest BCUT2D eigenvalue weighted by molar-refractivity contribution is -0.157. The van der Waals surface area contributed by atoms with Gasteiger partial charge in [-0.2, -0.15) is 0 Å². The number of likely N-dealkylation sites (N-methyl/N-ethyl adjacent to an activating group) is 1. The summed E-state index contributed by atoms with van der Waals surface area (Å²) in [4.78, 5) is 40.1. The van der Waals surface area contributed by atoms with Crippen LogP contribution in [0.2, 0.25) is 0 Å². The zero-order chi connectivity index (χ0) is 21.1. The van der Waals surface area contributed by atoms with Gasteiger partial charge in [-0.15, -0.1) is 0 Å². The summed E-state index contributed by atoms with van der Waals surface area (Å²) in [5, 5.41) is 0. The van der Waals surface area contributed by atoms with Crippen LogP contribution in [0.15, 0.2) is 42.9 Å². The lowest BCUT2D eigenvalue weighted by atomic mass is 9.82. The number of rotatable bonds is 4. The van der Waals surface area contributed by atoms with Gasteiger partial charge in [0, 0.05) is 50.8 Å². The van der Waals surface area contributed by atoms with E-state index in [1.165, 1.54) is 12.1 Å². The van der Waals surface area contributed by atoms with Crippen molar-refractivity contribution >= 4 is 11.8 Å². The van der Waals surface area contributed by atoms with E-state index in [-0.39, 0.29) is 18.2 Å². The SMILES string of the molecule is CN1CCN(Cc2cccnc2)C(=O)C12CCN(C(=O)Cc1ccc(F)cn1)CC2. The third-order valence-corrected chi connectivity index (χ3v) is 6.28. The number of nitrogens with zero attached hydrogens (tertiary/aromatic N) is 5. The molecule has 0 aliphatic carbocycles. The first-order valence-electron chi connectivity index (χ1n) is 10.3. The van der Waals surface area contributed by atoms with Crippen molar-refractivity contribution in [2.24, 2.45) is 0 Å². The largest absolute Gasteiger partial charge is 0.342 e. The fraction of sp³-hybridized carbons (Fsp3) is 0.455. The van der Waals surface area contributed by atoms with E-state index in [2.05, 4.69) is 14.9 Å². The summed E-state index contributed by atoms with van der Waals surface area (Å²) in [6, 6.07) is 6.71. The average Bonchev–Trinajstić information content (AvgIpc) is 2.77. The molecule has 2 fully saturated rings. The van der Waals surface area contributed by atoms with Gasteiger partial charge in [0.25, 0.3) is 0 Å². The number of carbonyl (C=O) groups is 2. The number of piperazine rings is 1. The second kappa shape index (κ2) is 8.47. The number of amides is 2. The fourth-order valence-electron chi connectivity index (χ4n) is 4.41. The Balaban J connectivity index is 1.40. The minimum absolute atomic E-state index is 0.0397. The van der Waals surface area contributed by atoms with Crippen molar-refractivity contribution in [1.82, 2.24) is 24.7 Å². The van der Waals surface area contributed by atoms with E-state index in [0.29, 0.717) is 44.7 Å². The van der Waals surface area contributed by atoms with Crippen molar-refractivity contribution < 1.29 is 14.0 Å². The van der Waals surface area contributed by atoms with Gasteiger partial charge >= 0.3 is 0 Å². The third kappa shape index (κ3) is 4.05. The molecule has 0 N–H and O–H groups in total. The predicted molar refractivity (Wildman–Crippen MR) is 109 cm³/mol. The molecule has 7 nitrogen and oxygen atoms in total. The first kappa shape index (κ1) is 20.4. The molecule has 0 aromatic carbocycles. The first-order chi connectivity index (χ1) is 14.5. The highest BCUT2D eigenvalue weighted by atomic mass is 19.1. The summed E-state index contributed by atoms with van der Waals surface area (Å²) < 4.78 is 13.0. The maximum Gasteiger partial charge on any atom is 0.243 e. The van der Waals surface area contributed by atoms with Gasteiger partial charge in [0.1, 0.15) is 11.4 Å². The molecule has 0 bridgehead atoms. The van der Waals surface area contributed by atoms with E-state index in [1.54, 1.807) is 17.3 Å². The van der Waals surface area contributed by atoms with E-state index >= 15 is 0 Å². The Morgan fingerprint density at radius 3 is 2.60 bits per heavy atom. The first-order valence-corrected chi connectivity index (χ1v) is 10.3. The highest BCUT2D eigenvalue weighted by Crippen LogP contribution is 2.33. The molecule has 4 heterocycles. The number of hydrogen-bond acceptors (Lipinski definition) is 5. The number of likely N-dealkylation sites (tertiary alicyclic amines) is 1. The van der Waals surface area contributed by atoms with Gasteiger partial charge in [0.05, 0.1) is 12.6 Å². The lowest BCUT2D eigenvalue weighted by Gasteiger charge is -2.51. The monoisotopic (exact) mass is 411 g/mol. The van der Waals surface area contributed by atoms with Crippen molar-refractivity contribution in [1.29, 1.82) is 0 Å². The van der Waals surface area contributed by atoms with Crippen LogP contribution in [0.1, 0.15) is 24.1 Å². The molecule has 2 aliphatic heterocycles. The van der Waals surface area contributed by atoms with Gasteiger partial charge in [0.15, 0.2) is 0 Å². The number of halogens is 1. The molecule has 0 unspecified atom stereocenters. The molecule has 4 rings (SSSR count). The molecule has 8 heteroatoms. The summed E-state index contributed by atoms with van der Waals surface area (Å²) in [7, 11) is 2.00. The van der Waals surface area contributed by atoms with Crippen LogP contribution < -0.4 is 0 Å². The van der Waals surface area contributed by atoms with Crippen molar-refractivity contribution in [2.75, 3.05) is 33.2 Å². The molecule has 2 amide bonds. The molecule has 158 valence electrons. The molecule has 0 atom stereocenters. The Labute approximate surface area is 175 Å². The van der Waals surface area contributed by atoms with E-state index in [9.17, 15) is 14.0 Å². The molecule has 30 heavy (non-hydrogen) atoms. The van der Waals surface area contributed by atoms with Gasteiger partial charge in [0.2, 0.25) is 11.8 Å². The van der Waals surface area contributed by atoms with Crippen LogP contribution in [0.5, 0.6) is 0 Å². The minimum Gasteiger partial charge on any atom is -0.342 e. The average molecular weight is 411 g/mol. The van der Waals surface area contributed by atoms with Crippen LogP contribution in [-0.2, 0) is 22.6 Å². The third-order valence-electron chi connectivity index (χ3n) is 6.28. The topological polar surface area (TPSA) is 69.6 Å². The van der Waals surface area contributed by atoms with Gasteiger partial charge < -0.3 is 9.80 Å². The minimum atomic E-state index is -0.564. The molecule has 2 saturated heterocycles. The zero-order valence-corrected chi connectivity index (χ0v) is 17.1. The van der Waals surface area contributed by atoms with E-state index in [1.807, 2.05) is 24.1 Å². The van der Waals surface area contributed by atoms with Crippen LogP contribution in [0.4, 0.5) is 4.39 Å². The molecular weight excluding hydrogens is 385 g/mol. The number of piperidine rings is 1. The van der Waals surface area contributed by atoms with Crippen molar-refractivity contribution in [3.63, 3.8) is 0 Å². The molecule has 1 spiro atoms. The summed E-state index contributed by atoms with van der Waals surface area (Å²) in [5.41, 5.74) is 1.01. The van der Waals surface area contributed by atoms with E-state index < -0.39 is 11.4 Å². The maximum atomic E-state index is 13.4. The Morgan fingerprint density at radius 1 is 1.13 bits per heavy atom. The highest BCUT2D eigenvalue weighted by Gasteiger charge is 2.49. The molecular formula is C22H26FN5O2. The van der Waals surface area contributed by atoms with Crippen molar-refractivity contribution in [3.8, 4) is 0 Å². The van der Waals surface area contributed by atoms with Gasteiger partial charge in [-0.1, -0.05) is 6.07 Å². The van der Waals surface area contributed by atoms with E-state index in [0.717, 1.165) is 18.3 Å². The van der Waals surface area contributed by atoms with Crippen molar-refractivity contribution in [2.45, 2.75) is 31.3 Å². The zero-order valence-electron chi connectivity index (χ0n) is 17.1. The Kier molecular flexibility index (Phi) is 5.76. The number of carbonyl (C=O) groups excluding carboxylic acids is 2. The normalized spacial score (nSPS) is 19.3. The molecule has 2 aliphatic rings. The molecule has 2 aromatic rings. The van der Waals surface area contributed by atoms with E-state index in [4.69, 9.17) is 0 Å². The van der Waals surface area contributed by atoms with Crippen LogP contribution in [-0.4, -0.2) is 75.2 Å². The van der Waals surface area contributed by atoms with Crippen LogP contribution in [0, 0.1) is 5.82 Å². The van der Waals surface area contributed by atoms with Crippen LogP contribution in [0.3, 0.4) is 0 Å². The quantitative estimate of drug-likeness (QED) is 0.763. The van der Waals surface area contributed by atoms with Crippen LogP contribution in [0.25, 0.3) is 0 Å². The lowest BCUT2D eigenvalue weighted by Crippen LogP contribution is -2.67. The van der Waals surface area contributed by atoms with Gasteiger partial charge in [-0.05, 0) is 43.7 Å². The molecule has 0 saturated carbocycles. The Bertz CT molecular complexity index is 898. The smallest absolute Gasteiger partial charge is 0.243 e. The summed E-state index contributed by atoms with van der Waals surface area (Å²) >= 11 is 0. The number of aromatic nitrogens is 2. The van der Waals surface area contributed by atoms with Crippen molar-refractivity contribution in [3.05, 3.63) is 59.9 Å². The Hall–Kier alpha value is -2.87. The molecule has 2 aromatic heterocycles. The summed E-state index contributed by atoms with van der Waals surface area (Å²) in [5.74, 6) is -0.324. The maximum absolute atomic E-state index is 13.4. The predicted octanol–water partition coefficient (Wildman–Crippen LogP) is 1.49. The second-order valence-electron chi connectivity index (χ2n) is 8.07. The van der Waals surface area contributed by atoms with Crippen LogP contribution >= 0.6 is 0 Å². The standard InChI is InChI=1S/C22H26FN5O2/c1-26-11-12-28(16-17-3-2-8-24-14-17)21(30)22(26)6-9-27(10-7-22)20(29)13-19-5-4-18(23)15-25-19/h2-5,8,14-15H,6-7,9-13,16H2,1H3. The highest BCUT2D eigenvalue weighted by molar-refractivity contribution is 5.88. The molecule has 0 radical (unpaired) electrons. The summed E-state index contributed by atoms with van der Waals surface area (Å²) in [6.07, 6.45) is 6.00. The summed E-state index contributed by atoms with van der Waals surface area (Å²) in [6.45, 7) is 3.10. The Morgan fingerprint density at radius 2 is 1.93 bits per heavy atom.